The highest BCUT2D eigenvalue weighted by Crippen LogP contribution is 2.33. The van der Waals surface area contributed by atoms with Crippen molar-refractivity contribution in [3.63, 3.8) is 0 Å². The number of likely N-dealkylation sites (N-methyl/N-ethyl adjacent to an activating group) is 1. The Balaban J connectivity index is 1.90. The molecular weight excluding hydrogens is 212 g/mol. The molecule has 3 atom stereocenters. The van der Waals surface area contributed by atoms with Crippen LogP contribution in [0, 0.1) is 5.92 Å². The Kier molecular flexibility index (Phi) is 3.87. The minimum atomic E-state index is 0.0486. The van der Waals surface area contributed by atoms with Gasteiger partial charge in [-0.3, -0.25) is 4.79 Å². The molecule has 2 aliphatic rings. The highest BCUT2D eigenvalue weighted by molar-refractivity contribution is 5.82. The van der Waals surface area contributed by atoms with Gasteiger partial charge < -0.3 is 10.2 Å². The number of fused-ring (bicyclic) bond motifs is 1. The molecule has 2 fully saturated rings. The van der Waals surface area contributed by atoms with E-state index in [-0.39, 0.29) is 11.9 Å². The fraction of sp³-hybridized carbons (Fsp3) is 0.786. The minimum Gasteiger partial charge on any atom is -0.340 e. The van der Waals surface area contributed by atoms with Gasteiger partial charge in [0.25, 0.3) is 0 Å². The molecule has 17 heavy (non-hydrogen) atoms. The average Bonchev–Trinajstić information content (AvgIpc) is 2.70. The van der Waals surface area contributed by atoms with Gasteiger partial charge in [0.15, 0.2) is 0 Å². The Bertz CT molecular complexity index is 299. The first-order chi connectivity index (χ1) is 8.08. The van der Waals surface area contributed by atoms with E-state index in [4.69, 9.17) is 0 Å². The smallest absolute Gasteiger partial charge is 0.239 e. The molecule has 0 aromatic carbocycles. The summed E-state index contributed by atoms with van der Waals surface area (Å²) in [6.45, 7) is 6.50. The van der Waals surface area contributed by atoms with Crippen molar-refractivity contribution in [3.05, 3.63) is 12.2 Å². The molecular formula is C14H24N2O. The summed E-state index contributed by atoms with van der Waals surface area (Å²) in [4.78, 5) is 14.0. The molecule has 1 saturated heterocycles. The van der Waals surface area contributed by atoms with Gasteiger partial charge >= 0.3 is 0 Å². The maximum atomic E-state index is 12.2. The fourth-order valence-electron chi connectivity index (χ4n) is 3.26. The Labute approximate surface area is 104 Å². The minimum absolute atomic E-state index is 0.0486. The fourth-order valence-corrected chi connectivity index (χ4v) is 3.26. The van der Waals surface area contributed by atoms with Crippen LogP contribution in [-0.2, 0) is 4.79 Å². The molecule has 0 spiro atoms. The number of rotatable bonds is 3. The summed E-state index contributed by atoms with van der Waals surface area (Å²) < 4.78 is 0. The van der Waals surface area contributed by atoms with Crippen molar-refractivity contribution >= 4 is 5.91 Å². The van der Waals surface area contributed by atoms with Gasteiger partial charge in [0.05, 0.1) is 6.04 Å². The summed E-state index contributed by atoms with van der Waals surface area (Å²) in [7, 11) is 1.88. The lowest BCUT2D eigenvalue weighted by atomic mass is 9.85. The zero-order chi connectivity index (χ0) is 12.4. The number of hydrogen-bond acceptors (Lipinski definition) is 2. The number of nitrogens with zero attached hydrogens (tertiary/aromatic N) is 1. The van der Waals surface area contributed by atoms with Crippen molar-refractivity contribution in [2.75, 3.05) is 13.6 Å². The first-order valence-electron chi connectivity index (χ1n) is 6.73. The summed E-state index contributed by atoms with van der Waals surface area (Å²) in [5.74, 6) is 0.971. The van der Waals surface area contributed by atoms with E-state index in [1.54, 1.807) is 4.90 Å². The van der Waals surface area contributed by atoms with Crippen molar-refractivity contribution in [1.29, 1.82) is 0 Å². The second kappa shape index (κ2) is 5.21. The number of nitrogens with one attached hydrogen (secondary N) is 1. The maximum absolute atomic E-state index is 12.2. The highest BCUT2D eigenvalue weighted by Gasteiger charge is 2.38. The zero-order valence-corrected chi connectivity index (χ0v) is 11.0. The van der Waals surface area contributed by atoms with E-state index >= 15 is 0 Å². The average molecular weight is 236 g/mol. The van der Waals surface area contributed by atoms with Gasteiger partial charge in [0.1, 0.15) is 0 Å². The third-order valence-electron chi connectivity index (χ3n) is 4.04. The maximum Gasteiger partial charge on any atom is 0.239 e. The number of carbonyl (C=O) groups excluding carboxylic acids is 1. The molecule has 0 radical (unpaired) electrons. The molecule has 1 N–H and O–H groups in total. The second-order valence-corrected chi connectivity index (χ2v) is 5.76. The van der Waals surface area contributed by atoms with Gasteiger partial charge in [0, 0.05) is 19.6 Å². The molecule has 1 saturated carbocycles. The van der Waals surface area contributed by atoms with Crippen molar-refractivity contribution in [2.24, 2.45) is 5.92 Å². The van der Waals surface area contributed by atoms with E-state index in [1.807, 2.05) is 14.0 Å². The standard InChI is InChI=1S/C14H24N2O/c1-10(2)9-16(3)14(17)13-8-11-6-4-5-7-12(11)15-13/h11-13,15H,1,4-9H2,2-3H3. The molecule has 0 aromatic rings. The predicted octanol–water partition coefficient (Wildman–Crippen LogP) is 1.94. The van der Waals surface area contributed by atoms with E-state index in [0.717, 1.165) is 17.9 Å². The predicted molar refractivity (Wildman–Crippen MR) is 69.7 cm³/mol. The summed E-state index contributed by atoms with van der Waals surface area (Å²) in [5, 5.41) is 3.53. The Morgan fingerprint density at radius 2 is 2.12 bits per heavy atom. The zero-order valence-electron chi connectivity index (χ0n) is 11.0. The first kappa shape index (κ1) is 12.6. The molecule has 96 valence electrons. The summed E-state index contributed by atoms with van der Waals surface area (Å²) >= 11 is 0. The number of amides is 1. The lowest BCUT2D eigenvalue weighted by Crippen LogP contribution is -2.44. The van der Waals surface area contributed by atoms with Crippen LogP contribution in [-0.4, -0.2) is 36.5 Å². The SMILES string of the molecule is C=C(C)CN(C)C(=O)C1CC2CCCCC2N1. The molecule has 3 heteroatoms. The lowest BCUT2D eigenvalue weighted by Gasteiger charge is -2.24. The molecule has 3 nitrogen and oxygen atoms in total. The molecule has 1 amide bonds. The quantitative estimate of drug-likeness (QED) is 0.760. The highest BCUT2D eigenvalue weighted by atomic mass is 16.2. The van der Waals surface area contributed by atoms with Crippen molar-refractivity contribution in [2.45, 2.75) is 51.1 Å². The van der Waals surface area contributed by atoms with Gasteiger partial charge in [0.2, 0.25) is 5.91 Å². The number of carbonyl (C=O) groups is 1. The van der Waals surface area contributed by atoms with Gasteiger partial charge in [-0.15, -0.1) is 0 Å². The van der Waals surface area contributed by atoms with Gasteiger partial charge in [-0.25, -0.2) is 0 Å². The molecule has 1 aliphatic heterocycles. The number of hydrogen-bond donors (Lipinski definition) is 1. The molecule has 2 rings (SSSR count). The summed E-state index contributed by atoms with van der Waals surface area (Å²) in [5.41, 5.74) is 1.04. The van der Waals surface area contributed by atoms with E-state index in [0.29, 0.717) is 12.6 Å². The van der Waals surface area contributed by atoms with Gasteiger partial charge in [-0.05, 0) is 32.1 Å². The summed E-state index contributed by atoms with van der Waals surface area (Å²) in [6.07, 6.45) is 6.23. The van der Waals surface area contributed by atoms with Crippen LogP contribution in [0.15, 0.2) is 12.2 Å². The van der Waals surface area contributed by atoms with E-state index in [2.05, 4.69) is 11.9 Å². The van der Waals surface area contributed by atoms with Crippen molar-refractivity contribution < 1.29 is 4.79 Å². The van der Waals surface area contributed by atoms with E-state index in [9.17, 15) is 4.79 Å². The van der Waals surface area contributed by atoms with Gasteiger partial charge in [-0.1, -0.05) is 25.0 Å². The Hall–Kier alpha value is -0.830. The molecule has 0 bridgehead atoms. The second-order valence-electron chi connectivity index (χ2n) is 5.76. The largest absolute Gasteiger partial charge is 0.340 e. The van der Waals surface area contributed by atoms with Crippen LogP contribution < -0.4 is 5.32 Å². The van der Waals surface area contributed by atoms with Crippen LogP contribution in [0.3, 0.4) is 0 Å². The normalized spacial score (nSPS) is 32.0. The topological polar surface area (TPSA) is 32.3 Å². The lowest BCUT2D eigenvalue weighted by molar-refractivity contribution is -0.131. The van der Waals surface area contributed by atoms with Crippen LogP contribution in [0.2, 0.25) is 0 Å². The third kappa shape index (κ3) is 2.89. The third-order valence-corrected chi connectivity index (χ3v) is 4.04. The van der Waals surface area contributed by atoms with Gasteiger partial charge in [-0.2, -0.15) is 0 Å². The van der Waals surface area contributed by atoms with Crippen LogP contribution in [0.4, 0.5) is 0 Å². The van der Waals surface area contributed by atoms with E-state index in [1.165, 1.54) is 25.7 Å². The van der Waals surface area contributed by atoms with Crippen LogP contribution in [0.1, 0.15) is 39.0 Å². The molecule has 1 aliphatic carbocycles. The molecule has 1 heterocycles. The van der Waals surface area contributed by atoms with Crippen LogP contribution in [0.5, 0.6) is 0 Å². The first-order valence-corrected chi connectivity index (χ1v) is 6.73. The van der Waals surface area contributed by atoms with Crippen LogP contribution >= 0.6 is 0 Å². The summed E-state index contributed by atoms with van der Waals surface area (Å²) in [6, 6.07) is 0.642. The monoisotopic (exact) mass is 236 g/mol. The van der Waals surface area contributed by atoms with Crippen molar-refractivity contribution in [3.8, 4) is 0 Å². The van der Waals surface area contributed by atoms with Crippen molar-refractivity contribution in [1.82, 2.24) is 10.2 Å². The van der Waals surface area contributed by atoms with Crippen LogP contribution in [0.25, 0.3) is 0 Å². The molecule has 0 aromatic heterocycles. The van der Waals surface area contributed by atoms with E-state index < -0.39 is 0 Å². The Morgan fingerprint density at radius 1 is 1.41 bits per heavy atom. The Morgan fingerprint density at radius 3 is 2.76 bits per heavy atom. The molecule has 3 unspecified atom stereocenters.